The number of hydrogen-bond acceptors (Lipinski definition) is 3. The summed E-state index contributed by atoms with van der Waals surface area (Å²) >= 11 is 3.33. The second-order valence-electron chi connectivity index (χ2n) is 4.54. The lowest BCUT2D eigenvalue weighted by atomic mass is 10.2. The lowest BCUT2D eigenvalue weighted by Gasteiger charge is -2.09. The fraction of sp³-hybridized carbons (Fsp3) is 0.214. The topological polar surface area (TPSA) is 77.2 Å². The molecule has 0 unspecified atom stereocenters. The van der Waals surface area contributed by atoms with Crippen molar-refractivity contribution >= 4 is 33.2 Å². The van der Waals surface area contributed by atoms with E-state index in [0.717, 1.165) is 10.0 Å². The maximum Gasteiger partial charge on any atom is 0.272 e. The van der Waals surface area contributed by atoms with E-state index < -0.39 is 4.92 Å². The number of rotatable bonds is 4. The Balaban J connectivity index is 2.31. The fourth-order valence-electron chi connectivity index (χ4n) is 1.97. The van der Waals surface area contributed by atoms with E-state index in [1.54, 1.807) is 23.6 Å². The normalized spacial score (nSPS) is 10.4. The molecule has 1 heterocycles. The van der Waals surface area contributed by atoms with Gasteiger partial charge in [-0.15, -0.1) is 0 Å². The van der Waals surface area contributed by atoms with Crippen LogP contribution in [0.15, 0.2) is 34.9 Å². The van der Waals surface area contributed by atoms with E-state index in [9.17, 15) is 14.9 Å². The molecule has 0 aliphatic heterocycles. The molecule has 0 spiro atoms. The number of nitro groups is 1. The second kappa shape index (κ2) is 6.09. The molecular weight excluding hydrogens is 338 g/mol. The summed E-state index contributed by atoms with van der Waals surface area (Å²) in [6, 6.07) is 6.10. The van der Waals surface area contributed by atoms with Crippen molar-refractivity contribution in [3.63, 3.8) is 0 Å². The first-order valence-electron chi connectivity index (χ1n) is 6.34. The molecular formula is C14H14BrN3O3. The fourth-order valence-corrected chi connectivity index (χ4v) is 2.44. The van der Waals surface area contributed by atoms with E-state index in [-0.39, 0.29) is 11.6 Å². The second-order valence-corrected chi connectivity index (χ2v) is 5.46. The Labute approximate surface area is 130 Å². The van der Waals surface area contributed by atoms with Crippen molar-refractivity contribution < 1.29 is 9.72 Å². The molecule has 110 valence electrons. The van der Waals surface area contributed by atoms with E-state index in [1.165, 1.54) is 12.1 Å². The molecule has 1 N–H and O–H groups in total. The van der Waals surface area contributed by atoms with Crippen molar-refractivity contribution in [2.75, 3.05) is 5.32 Å². The predicted octanol–water partition coefficient (Wildman–Crippen LogP) is 3.74. The van der Waals surface area contributed by atoms with Gasteiger partial charge in [0.05, 0.1) is 10.6 Å². The van der Waals surface area contributed by atoms with Crippen LogP contribution in [-0.2, 0) is 6.54 Å². The van der Waals surface area contributed by atoms with Crippen molar-refractivity contribution in [2.45, 2.75) is 20.4 Å². The number of halogens is 1. The van der Waals surface area contributed by atoms with E-state index in [4.69, 9.17) is 0 Å². The first-order chi connectivity index (χ1) is 9.92. The van der Waals surface area contributed by atoms with Gasteiger partial charge in [0, 0.05) is 29.3 Å². The zero-order valence-corrected chi connectivity index (χ0v) is 13.2. The average Bonchev–Trinajstić information content (AvgIpc) is 2.82. The van der Waals surface area contributed by atoms with Gasteiger partial charge in [-0.05, 0) is 41.4 Å². The van der Waals surface area contributed by atoms with Crippen LogP contribution in [0.3, 0.4) is 0 Å². The Bertz CT molecular complexity index is 709. The van der Waals surface area contributed by atoms with E-state index in [2.05, 4.69) is 21.2 Å². The van der Waals surface area contributed by atoms with Crippen LogP contribution >= 0.6 is 15.9 Å². The minimum absolute atomic E-state index is 0.0528. The van der Waals surface area contributed by atoms with Crippen LogP contribution in [0.2, 0.25) is 0 Å². The Morgan fingerprint density at radius 2 is 2.14 bits per heavy atom. The Hall–Kier alpha value is -2.15. The summed E-state index contributed by atoms with van der Waals surface area (Å²) in [6.45, 7) is 4.37. The predicted molar refractivity (Wildman–Crippen MR) is 83.6 cm³/mol. The summed E-state index contributed by atoms with van der Waals surface area (Å²) in [5.41, 5.74) is 1.65. The number of anilines is 1. The number of carbonyl (C=O) groups is 1. The number of aryl methyl sites for hydroxylation is 2. The maximum absolute atomic E-state index is 12.3. The lowest BCUT2D eigenvalue weighted by Crippen LogP contribution is -2.17. The molecule has 0 aliphatic carbocycles. The molecule has 0 saturated carbocycles. The van der Waals surface area contributed by atoms with Crippen LogP contribution in [0.1, 0.15) is 23.0 Å². The number of aromatic nitrogens is 1. The van der Waals surface area contributed by atoms with Gasteiger partial charge in [-0.1, -0.05) is 6.07 Å². The van der Waals surface area contributed by atoms with Gasteiger partial charge in [0.1, 0.15) is 5.69 Å². The SMILES string of the molecule is CCn1cc(Br)cc1C(=O)Nc1cc([N+](=O)[O-])ccc1C. The highest BCUT2D eigenvalue weighted by Crippen LogP contribution is 2.23. The van der Waals surface area contributed by atoms with Gasteiger partial charge < -0.3 is 9.88 Å². The van der Waals surface area contributed by atoms with Crippen LogP contribution in [0.25, 0.3) is 0 Å². The first-order valence-corrected chi connectivity index (χ1v) is 7.13. The molecule has 0 fully saturated rings. The molecule has 1 aromatic carbocycles. The molecule has 2 rings (SSSR count). The number of amides is 1. The van der Waals surface area contributed by atoms with Gasteiger partial charge in [0.15, 0.2) is 0 Å². The number of non-ortho nitro benzene ring substituents is 1. The Morgan fingerprint density at radius 1 is 1.43 bits per heavy atom. The van der Waals surface area contributed by atoms with Crippen molar-refractivity contribution in [3.8, 4) is 0 Å². The molecule has 1 amide bonds. The van der Waals surface area contributed by atoms with Crippen LogP contribution in [0, 0.1) is 17.0 Å². The molecule has 0 atom stereocenters. The number of hydrogen-bond donors (Lipinski definition) is 1. The zero-order chi connectivity index (χ0) is 15.6. The Morgan fingerprint density at radius 3 is 2.76 bits per heavy atom. The van der Waals surface area contributed by atoms with Gasteiger partial charge in [0.2, 0.25) is 0 Å². The largest absolute Gasteiger partial charge is 0.343 e. The van der Waals surface area contributed by atoms with Gasteiger partial charge in [-0.2, -0.15) is 0 Å². The van der Waals surface area contributed by atoms with E-state index >= 15 is 0 Å². The third-order valence-electron chi connectivity index (χ3n) is 3.12. The molecule has 21 heavy (non-hydrogen) atoms. The van der Waals surface area contributed by atoms with E-state index in [0.29, 0.717) is 17.9 Å². The number of nitrogens with zero attached hydrogens (tertiary/aromatic N) is 2. The zero-order valence-electron chi connectivity index (χ0n) is 11.6. The number of benzene rings is 1. The van der Waals surface area contributed by atoms with Crippen LogP contribution in [0.4, 0.5) is 11.4 Å². The summed E-state index contributed by atoms with van der Waals surface area (Å²) in [5, 5.41) is 13.5. The highest BCUT2D eigenvalue weighted by atomic mass is 79.9. The van der Waals surface area contributed by atoms with Gasteiger partial charge in [0.25, 0.3) is 11.6 Å². The monoisotopic (exact) mass is 351 g/mol. The molecule has 0 radical (unpaired) electrons. The van der Waals surface area contributed by atoms with Crippen molar-refractivity contribution in [1.29, 1.82) is 0 Å². The van der Waals surface area contributed by atoms with E-state index in [1.807, 2.05) is 13.1 Å². The minimum Gasteiger partial charge on any atom is -0.343 e. The highest BCUT2D eigenvalue weighted by Gasteiger charge is 2.15. The number of nitro benzene ring substituents is 1. The number of nitrogens with one attached hydrogen (secondary N) is 1. The summed E-state index contributed by atoms with van der Waals surface area (Å²) in [5.74, 6) is -0.300. The smallest absolute Gasteiger partial charge is 0.272 e. The molecule has 0 saturated heterocycles. The molecule has 0 bridgehead atoms. The van der Waals surface area contributed by atoms with Crippen LogP contribution < -0.4 is 5.32 Å². The average molecular weight is 352 g/mol. The van der Waals surface area contributed by atoms with Gasteiger partial charge >= 0.3 is 0 Å². The summed E-state index contributed by atoms with van der Waals surface area (Å²) < 4.78 is 2.61. The highest BCUT2D eigenvalue weighted by molar-refractivity contribution is 9.10. The van der Waals surface area contributed by atoms with Gasteiger partial charge in [-0.25, -0.2) is 0 Å². The van der Waals surface area contributed by atoms with Crippen molar-refractivity contribution in [2.24, 2.45) is 0 Å². The summed E-state index contributed by atoms with van der Waals surface area (Å²) in [6.07, 6.45) is 1.81. The number of carbonyl (C=O) groups excluding carboxylic acids is 1. The third-order valence-corrected chi connectivity index (χ3v) is 3.55. The van der Waals surface area contributed by atoms with Crippen LogP contribution in [-0.4, -0.2) is 15.4 Å². The summed E-state index contributed by atoms with van der Waals surface area (Å²) in [4.78, 5) is 22.6. The molecule has 6 nitrogen and oxygen atoms in total. The molecule has 0 aliphatic rings. The molecule has 7 heteroatoms. The lowest BCUT2D eigenvalue weighted by molar-refractivity contribution is -0.384. The minimum atomic E-state index is -0.486. The van der Waals surface area contributed by atoms with Crippen LogP contribution in [0.5, 0.6) is 0 Å². The summed E-state index contributed by atoms with van der Waals surface area (Å²) in [7, 11) is 0. The quantitative estimate of drug-likeness (QED) is 0.673. The molecule has 2 aromatic rings. The standard InChI is InChI=1S/C14H14BrN3O3/c1-3-17-8-10(15)6-13(17)14(19)16-12-7-11(18(20)21)5-4-9(12)2/h4-8H,3H2,1-2H3,(H,16,19). The van der Waals surface area contributed by atoms with Gasteiger partial charge in [-0.3, -0.25) is 14.9 Å². The van der Waals surface area contributed by atoms with Crippen molar-refractivity contribution in [1.82, 2.24) is 4.57 Å². The third kappa shape index (κ3) is 3.30. The first kappa shape index (κ1) is 15.2. The van der Waals surface area contributed by atoms with Crippen molar-refractivity contribution in [3.05, 3.63) is 56.3 Å². The molecule has 1 aromatic heterocycles. The Kier molecular flexibility index (Phi) is 4.42. The maximum atomic E-state index is 12.3.